The van der Waals surface area contributed by atoms with Crippen LogP contribution in [0.3, 0.4) is 0 Å². The van der Waals surface area contributed by atoms with E-state index in [-0.39, 0.29) is 23.5 Å². The van der Waals surface area contributed by atoms with Crippen molar-refractivity contribution in [3.05, 3.63) is 24.3 Å². The van der Waals surface area contributed by atoms with Crippen molar-refractivity contribution in [3.8, 4) is 0 Å². The molecule has 0 unspecified atom stereocenters. The number of carbonyl (C=O) groups is 2. The number of rotatable bonds is 5. The van der Waals surface area contributed by atoms with Crippen LogP contribution in [-0.4, -0.2) is 27.6 Å². The second kappa shape index (κ2) is 5.27. The smallest absolute Gasteiger partial charge is 0.165 e. The standard InChI is InChI=1S/C13H17BrO3/c1-3-11(16)13(17,4-2)12(9-15)8-6-5-7-10(12)14/h5-10,17H,3-4H2,1-2H3/t10-,12+,13+/m0/s1. The molecule has 0 amide bonds. The number of hydrogen-bond donors (Lipinski definition) is 1. The number of aliphatic hydroxyl groups is 1. The van der Waals surface area contributed by atoms with Crippen molar-refractivity contribution >= 4 is 28.0 Å². The quantitative estimate of drug-likeness (QED) is 0.625. The second-order valence-electron chi connectivity index (χ2n) is 4.19. The predicted molar refractivity (Wildman–Crippen MR) is 70.0 cm³/mol. The van der Waals surface area contributed by atoms with Crippen LogP contribution >= 0.6 is 15.9 Å². The number of alkyl halides is 1. The Labute approximate surface area is 110 Å². The number of allylic oxidation sites excluding steroid dienone is 3. The maximum absolute atomic E-state index is 12.0. The maximum Gasteiger partial charge on any atom is 0.165 e. The molecular formula is C13H17BrO3. The summed E-state index contributed by atoms with van der Waals surface area (Å²) in [5, 5.41) is 10.6. The van der Waals surface area contributed by atoms with Crippen LogP contribution in [0.4, 0.5) is 0 Å². The van der Waals surface area contributed by atoms with E-state index in [1.807, 2.05) is 0 Å². The molecule has 0 fully saturated rings. The lowest BCUT2D eigenvalue weighted by molar-refractivity contribution is -0.153. The predicted octanol–water partition coefficient (Wildman–Crippen LogP) is 2.18. The molecule has 0 aromatic rings. The number of ketones is 1. The van der Waals surface area contributed by atoms with Crippen LogP contribution in [0.2, 0.25) is 0 Å². The molecule has 1 N–H and O–H groups in total. The van der Waals surface area contributed by atoms with Crippen molar-refractivity contribution < 1.29 is 14.7 Å². The zero-order valence-corrected chi connectivity index (χ0v) is 11.6. The summed E-state index contributed by atoms with van der Waals surface area (Å²) in [5.74, 6) is -0.309. The minimum atomic E-state index is -1.65. The average molecular weight is 301 g/mol. The van der Waals surface area contributed by atoms with Crippen LogP contribution < -0.4 is 0 Å². The molecule has 1 rings (SSSR count). The number of Topliss-reactive ketones (excluding diaryl/α,β-unsaturated/α-hetero) is 1. The third-order valence-corrected chi connectivity index (χ3v) is 4.49. The van der Waals surface area contributed by atoms with Gasteiger partial charge in [0.1, 0.15) is 11.9 Å². The number of carbonyl (C=O) groups excluding carboxylic acids is 2. The fourth-order valence-corrected chi connectivity index (χ4v) is 3.05. The van der Waals surface area contributed by atoms with E-state index < -0.39 is 11.0 Å². The third kappa shape index (κ3) is 2.04. The zero-order chi connectivity index (χ0) is 13.1. The van der Waals surface area contributed by atoms with Crippen molar-refractivity contribution in [2.45, 2.75) is 37.1 Å². The largest absolute Gasteiger partial charge is 0.381 e. The van der Waals surface area contributed by atoms with Gasteiger partial charge in [0, 0.05) is 6.42 Å². The van der Waals surface area contributed by atoms with Gasteiger partial charge in [-0.15, -0.1) is 0 Å². The first-order valence-electron chi connectivity index (χ1n) is 5.70. The molecule has 1 aliphatic carbocycles. The Hall–Kier alpha value is -0.740. The average Bonchev–Trinajstić information content (AvgIpc) is 2.37. The zero-order valence-electron chi connectivity index (χ0n) is 10.0. The first-order valence-corrected chi connectivity index (χ1v) is 6.62. The van der Waals surface area contributed by atoms with Crippen molar-refractivity contribution in [2.24, 2.45) is 5.41 Å². The molecule has 17 heavy (non-hydrogen) atoms. The van der Waals surface area contributed by atoms with Gasteiger partial charge in [0.15, 0.2) is 5.78 Å². The normalized spacial score (nSPS) is 30.9. The van der Waals surface area contributed by atoms with Crippen molar-refractivity contribution in [2.75, 3.05) is 0 Å². The molecule has 0 heterocycles. The van der Waals surface area contributed by atoms with Gasteiger partial charge in [0.25, 0.3) is 0 Å². The van der Waals surface area contributed by atoms with Crippen molar-refractivity contribution in [1.82, 2.24) is 0 Å². The van der Waals surface area contributed by atoms with E-state index in [4.69, 9.17) is 0 Å². The molecule has 0 saturated carbocycles. The van der Waals surface area contributed by atoms with E-state index in [0.717, 1.165) is 0 Å². The van der Waals surface area contributed by atoms with Gasteiger partial charge in [-0.25, -0.2) is 0 Å². The van der Waals surface area contributed by atoms with E-state index in [1.165, 1.54) is 0 Å². The van der Waals surface area contributed by atoms with E-state index >= 15 is 0 Å². The van der Waals surface area contributed by atoms with Crippen LogP contribution in [0.25, 0.3) is 0 Å². The van der Waals surface area contributed by atoms with Crippen molar-refractivity contribution in [1.29, 1.82) is 0 Å². The summed E-state index contributed by atoms with van der Waals surface area (Å²) in [4.78, 5) is 23.1. The summed E-state index contributed by atoms with van der Waals surface area (Å²) < 4.78 is 0. The molecule has 3 atom stereocenters. The summed E-state index contributed by atoms with van der Waals surface area (Å²) >= 11 is 3.36. The molecule has 0 aromatic carbocycles. The molecule has 0 bridgehead atoms. The molecular weight excluding hydrogens is 284 g/mol. The molecule has 0 aliphatic heterocycles. The Morgan fingerprint density at radius 1 is 1.53 bits per heavy atom. The molecule has 0 aromatic heterocycles. The SMILES string of the molecule is CCC(=O)[C@](O)(CC)[C@@]1(C=O)C=CC=C[C@@H]1Br. The van der Waals surface area contributed by atoms with Gasteiger partial charge in [-0.2, -0.15) is 0 Å². The molecule has 0 spiro atoms. The molecule has 3 nitrogen and oxygen atoms in total. The van der Waals surface area contributed by atoms with Gasteiger partial charge < -0.3 is 9.90 Å². The summed E-state index contributed by atoms with van der Waals surface area (Å²) in [7, 11) is 0. The number of halogens is 1. The Morgan fingerprint density at radius 2 is 2.18 bits per heavy atom. The van der Waals surface area contributed by atoms with Crippen LogP contribution in [0, 0.1) is 5.41 Å². The molecule has 0 saturated heterocycles. The monoisotopic (exact) mass is 300 g/mol. The highest BCUT2D eigenvalue weighted by Crippen LogP contribution is 2.44. The van der Waals surface area contributed by atoms with Gasteiger partial charge in [0.05, 0.1) is 10.2 Å². The van der Waals surface area contributed by atoms with Crippen LogP contribution in [-0.2, 0) is 9.59 Å². The lowest BCUT2D eigenvalue weighted by Crippen LogP contribution is -2.58. The first-order chi connectivity index (χ1) is 7.98. The maximum atomic E-state index is 12.0. The molecule has 1 aliphatic rings. The van der Waals surface area contributed by atoms with Crippen LogP contribution in [0.15, 0.2) is 24.3 Å². The van der Waals surface area contributed by atoms with Gasteiger partial charge >= 0.3 is 0 Å². The number of aldehydes is 1. The minimum Gasteiger partial charge on any atom is -0.381 e. The topological polar surface area (TPSA) is 54.4 Å². The first kappa shape index (κ1) is 14.3. The highest BCUT2D eigenvalue weighted by molar-refractivity contribution is 9.09. The van der Waals surface area contributed by atoms with E-state index in [1.54, 1.807) is 38.2 Å². The Balaban J connectivity index is 3.32. The second-order valence-corrected chi connectivity index (χ2v) is 5.17. The fourth-order valence-electron chi connectivity index (χ4n) is 2.23. The van der Waals surface area contributed by atoms with Crippen LogP contribution in [0.5, 0.6) is 0 Å². The lowest BCUT2D eigenvalue weighted by Gasteiger charge is -2.43. The van der Waals surface area contributed by atoms with E-state index in [2.05, 4.69) is 15.9 Å². The molecule has 94 valence electrons. The fraction of sp³-hybridized carbons (Fsp3) is 0.538. The molecule has 0 radical (unpaired) electrons. The summed E-state index contributed by atoms with van der Waals surface area (Å²) in [6.45, 7) is 3.40. The van der Waals surface area contributed by atoms with Gasteiger partial charge in [0.2, 0.25) is 0 Å². The summed E-state index contributed by atoms with van der Waals surface area (Å²) in [5.41, 5.74) is -2.87. The Morgan fingerprint density at radius 3 is 2.59 bits per heavy atom. The summed E-state index contributed by atoms with van der Waals surface area (Å²) in [6.07, 6.45) is 7.93. The highest BCUT2D eigenvalue weighted by Gasteiger charge is 2.55. The third-order valence-electron chi connectivity index (χ3n) is 3.42. The highest BCUT2D eigenvalue weighted by atomic mass is 79.9. The van der Waals surface area contributed by atoms with Gasteiger partial charge in [-0.1, -0.05) is 54.1 Å². The van der Waals surface area contributed by atoms with Gasteiger partial charge in [-0.05, 0) is 6.42 Å². The Kier molecular flexibility index (Phi) is 4.44. The molecule has 4 heteroatoms. The van der Waals surface area contributed by atoms with E-state index in [0.29, 0.717) is 6.29 Å². The number of hydrogen-bond acceptors (Lipinski definition) is 3. The van der Waals surface area contributed by atoms with Crippen LogP contribution in [0.1, 0.15) is 26.7 Å². The van der Waals surface area contributed by atoms with Crippen molar-refractivity contribution in [3.63, 3.8) is 0 Å². The van der Waals surface area contributed by atoms with E-state index in [9.17, 15) is 14.7 Å². The van der Waals surface area contributed by atoms with Gasteiger partial charge in [-0.3, -0.25) is 4.79 Å². The Bertz CT molecular complexity index is 375. The minimum absolute atomic E-state index is 0.206. The lowest BCUT2D eigenvalue weighted by atomic mass is 9.65. The summed E-state index contributed by atoms with van der Waals surface area (Å²) in [6, 6.07) is 0.